The zero-order chi connectivity index (χ0) is 9.97. The number of aliphatic hydroxyl groups excluding tert-OH is 1. The van der Waals surface area contributed by atoms with Crippen molar-refractivity contribution in [2.24, 2.45) is 0 Å². The van der Waals surface area contributed by atoms with Crippen LogP contribution in [-0.2, 0) is 6.54 Å². The molecule has 2 aromatic heterocycles. The largest absolute Gasteiger partial charge is 0.387 e. The predicted octanol–water partition coefficient (Wildman–Crippen LogP) is 0.103. The van der Waals surface area contributed by atoms with Crippen molar-refractivity contribution in [2.45, 2.75) is 19.6 Å². The van der Waals surface area contributed by atoms with E-state index in [0.29, 0.717) is 12.2 Å². The van der Waals surface area contributed by atoms with E-state index >= 15 is 0 Å². The molecule has 0 radical (unpaired) electrons. The van der Waals surface area contributed by atoms with E-state index in [9.17, 15) is 5.11 Å². The number of aliphatic hydroxyl groups is 1. The van der Waals surface area contributed by atoms with Gasteiger partial charge in [0, 0.05) is 11.8 Å². The Bertz CT molecular complexity index is 392. The molecule has 0 spiro atoms. The van der Waals surface area contributed by atoms with Gasteiger partial charge in [-0.2, -0.15) is 5.10 Å². The summed E-state index contributed by atoms with van der Waals surface area (Å²) < 4.78 is 1.65. The molecular formula is C8H11N5O. The fourth-order valence-electron chi connectivity index (χ4n) is 1.25. The van der Waals surface area contributed by atoms with Gasteiger partial charge in [0.15, 0.2) is 0 Å². The summed E-state index contributed by atoms with van der Waals surface area (Å²) in [4.78, 5) is 0. The van der Waals surface area contributed by atoms with E-state index < -0.39 is 6.10 Å². The predicted molar refractivity (Wildman–Crippen MR) is 48.3 cm³/mol. The summed E-state index contributed by atoms with van der Waals surface area (Å²) in [5.41, 5.74) is 1.70. The molecule has 0 aliphatic carbocycles. The Morgan fingerprint density at radius 1 is 1.57 bits per heavy atom. The van der Waals surface area contributed by atoms with Gasteiger partial charge in [0.1, 0.15) is 0 Å². The Morgan fingerprint density at radius 2 is 2.43 bits per heavy atom. The molecule has 0 aliphatic rings. The molecule has 1 atom stereocenters. The molecule has 6 nitrogen and oxygen atoms in total. The topological polar surface area (TPSA) is 79.6 Å². The number of hydrogen-bond donors (Lipinski definition) is 2. The van der Waals surface area contributed by atoms with E-state index in [1.165, 1.54) is 0 Å². The standard InChI is InChI=1S/C8H11N5O/c1-6(14)8-4-11-12-13(8)5-7-2-9-10-3-7/h2-4,6,14H,5H2,1H3,(H,9,10)/t6-/m0/s1. The first-order valence-electron chi connectivity index (χ1n) is 4.31. The molecule has 0 fully saturated rings. The molecule has 2 rings (SSSR count). The van der Waals surface area contributed by atoms with Crippen LogP contribution in [0.2, 0.25) is 0 Å². The molecule has 0 unspecified atom stereocenters. The highest BCUT2D eigenvalue weighted by Crippen LogP contribution is 2.10. The van der Waals surface area contributed by atoms with Gasteiger partial charge in [0.05, 0.1) is 30.7 Å². The van der Waals surface area contributed by atoms with Crippen LogP contribution in [0.3, 0.4) is 0 Å². The van der Waals surface area contributed by atoms with Crippen molar-refractivity contribution in [1.82, 2.24) is 25.2 Å². The van der Waals surface area contributed by atoms with E-state index in [4.69, 9.17) is 0 Å². The Kier molecular flexibility index (Phi) is 2.28. The summed E-state index contributed by atoms with van der Waals surface area (Å²) in [5, 5.41) is 23.6. The van der Waals surface area contributed by atoms with Gasteiger partial charge in [-0.25, -0.2) is 4.68 Å². The molecule has 0 aliphatic heterocycles. The molecule has 0 amide bonds. The minimum atomic E-state index is -0.558. The fraction of sp³-hybridized carbons (Fsp3) is 0.375. The van der Waals surface area contributed by atoms with E-state index in [0.717, 1.165) is 5.56 Å². The molecular weight excluding hydrogens is 182 g/mol. The Hall–Kier alpha value is -1.69. The first-order valence-corrected chi connectivity index (χ1v) is 4.31. The molecule has 74 valence electrons. The molecule has 2 heterocycles. The number of aromatic amines is 1. The average molecular weight is 193 g/mol. The molecule has 0 aromatic carbocycles. The maximum absolute atomic E-state index is 9.40. The van der Waals surface area contributed by atoms with E-state index in [1.807, 2.05) is 0 Å². The van der Waals surface area contributed by atoms with Crippen molar-refractivity contribution in [2.75, 3.05) is 0 Å². The zero-order valence-electron chi connectivity index (χ0n) is 7.75. The minimum Gasteiger partial charge on any atom is -0.387 e. The van der Waals surface area contributed by atoms with Crippen LogP contribution in [0.15, 0.2) is 18.6 Å². The van der Waals surface area contributed by atoms with Gasteiger partial charge in [0.2, 0.25) is 0 Å². The van der Waals surface area contributed by atoms with Crippen molar-refractivity contribution >= 4 is 0 Å². The molecule has 0 saturated carbocycles. The van der Waals surface area contributed by atoms with E-state index in [-0.39, 0.29) is 0 Å². The lowest BCUT2D eigenvalue weighted by Gasteiger charge is -2.05. The van der Waals surface area contributed by atoms with Crippen molar-refractivity contribution in [3.63, 3.8) is 0 Å². The van der Waals surface area contributed by atoms with Crippen LogP contribution in [-0.4, -0.2) is 30.3 Å². The van der Waals surface area contributed by atoms with Crippen LogP contribution in [0, 0.1) is 0 Å². The monoisotopic (exact) mass is 193 g/mol. The Balaban J connectivity index is 2.21. The third-order valence-electron chi connectivity index (χ3n) is 1.96. The molecule has 2 N–H and O–H groups in total. The fourth-order valence-corrected chi connectivity index (χ4v) is 1.25. The first kappa shape index (κ1) is 8.89. The summed E-state index contributed by atoms with van der Waals surface area (Å²) in [7, 11) is 0. The summed E-state index contributed by atoms with van der Waals surface area (Å²) >= 11 is 0. The summed E-state index contributed by atoms with van der Waals surface area (Å²) in [6.45, 7) is 2.25. The lowest BCUT2D eigenvalue weighted by atomic mass is 10.3. The molecule has 0 saturated heterocycles. The normalized spacial score (nSPS) is 13.0. The lowest BCUT2D eigenvalue weighted by Crippen LogP contribution is -2.08. The first-order chi connectivity index (χ1) is 6.77. The number of rotatable bonds is 3. The van der Waals surface area contributed by atoms with Crippen LogP contribution in [0.4, 0.5) is 0 Å². The highest BCUT2D eigenvalue weighted by molar-refractivity contribution is 5.06. The van der Waals surface area contributed by atoms with Crippen molar-refractivity contribution in [3.05, 3.63) is 29.8 Å². The SMILES string of the molecule is C[C@H](O)c1cnnn1Cc1cn[nH]c1. The van der Waals surface area contributed by atoms with Crippen LogP contribution in [0.5, 0.6) is 0 Å². The van der Waals surface area contributed by atoms with Gasteiger partial charge < -0.3 is 5.11 Å². The second-order valence-electron chi connectivity index (χ2n) is 3.10. The molecule has 0 bridgehead atoms. The summed E-state index contributed by atoms with van der Waals surface area (Å²) in [5.74, 6) is 0. The van der Waals surface area contributed by atoms with Crippen molar-refractivity contribution in [3.8, 4) is 0 Å². The Labute approximate surface area is 80.6 Å². The zero-order valence-corrected chi connectivity index (χ0v) is 7.75. The number of H-pyrrole nitrogens is 1. The van der Waals surface area contributed by atoms with E-state index in [1.54, 1.807) is 30.2 Å². The van der Waals surface area contributed by atoms with Gasteiger partial charge in [-0.15, -0.1) is 5.10 Å². The van der Waals surface area contributed by atoms with Gasteiger partial charge >= 0.3 is 0 Å². The van der Waals surface area contributed by atoms with Crippen LogP contribution in [0.1, 0.15) is 24.3 Å². The quantitative estimate of drug-likeness (QED) is 0.724. The third kappa shape index (κ3) is 1.64. The molecule has 2 aromatic rings. The van der Waals surface area contributed by atoms with Gasteiger partial charge in [-0.3, -0.25) is 5.10 Å². The second-order valence-corrected chi connectivity index (χ2v) is 3.10. The number of aromatic nitrogens is 5. The lowest BCUT2D eigenvalue weighted by molar-refractivity contribution is 0.188. The van der Waals surface area contributed by atoms with Crippen LogP contribution < -0.4 is 0 Å². The van der Waals surface area contributed by atoms with Gasteiger partial charge in [-0.05, 0) is 6.92 Å². The molecule has 14 heavy (non-hydrogen) atoms. The van der Waals surface area contributed by atoms with Crippen LogP contribution >= 0.6 is 0 Å². The Morgan fingerprint density at radius 3 is 3.07 bits per heavy atom. The third-order valence-corrected chi connectivity index (χ3v) is 1.96. The summed E-state index contributed by atoms with van der Waals surface area (Å²) in [6.07, 6.45) is 4.50. The highest BCUT2D eigenvalue weighted by Gasteiger charge is 2.09. The maximum atomic E-state index is 9.40. The van der Waals surface area contributed by atoms with E-state index in [2.05, 4.69) is 20.5 Å². The smallest absolute Gasteiger partial charge is 0.0945 e. The molecule has 6 heteroatoms. The number of nitrogens with one attached hydrogen (secondary N) is 1. The van der Waals surface area contributed by atoms with Gasteiger partial charge in [0.25, 0.3) is 0 Å². The average Bonchev–Trinajstić information content (AvgIpc) is 2.75. The maximum Gasteiger partial charge on any atom is 0.0945 e. The van der Waals surface area contributed by atoms with Crippen molar-refractivity contribution < 1.29 is 5.11 Å². The highest BCUT2D eigenvalue weighted by atomic mass is 16.3. The number of hydrogen-bond acceptors (Lipinski definition) is 4. The van der Waals surface area contributed by atoms with Gasteiger partial charge in [-0.1, -0.05) is 5.21 Å². The number of nitrogens with zero attached hydrogens (tertiary/aromatic N) is 4. The van der Waals surface area contributed by atoms with Crippen molar-refractivity contribution in [1.29, 1.82) is 0 Å². The van der Waals surface area contributed by atoms with Crippen LogP contribution in [0.25, 0.3) is 0 Å². The second kappa shape index (κ2) is 3.59. The summed E-state index contributed by atoms with van der Waals surface area (Å²) in [6, 6.07) is 0. The minimum absolute atomic E-state index is 0.558.